The number of thioether (sulfide) groups is 1. The van der Waals surface area contributed by atoms with Gasteiger partial charge in [-0.05, 0) is 17.7 Å². The monoisotopic (exact) mass is 303 g/mol. The van der Waals surface area contributed by atoms with E-state index in [1.54, 1.807) is 0 Å². The Morgan fingerprint density at radius 3 is 2.90 bits per heavy atom. The molecule has 21 heavy (non-hydrogen) atoms. The number of benzene rings is 1. The molecule has 1 amide bonds. The predicted octanol–water partition coefficient (Wildman–Crippen LogP) is 3.05. The van der Waals surface area contributed by atoms with Crippen LogP contribution in [0.3, 0.4) is 0 Å². The Kier molecular flexibility index (Phi) is 4.24. The SMILES string of the molecule is CCSc1nnc(C2CCC(=O)N2Cc2ccccc2)o1. The van der Waals surface area contributed by atoms with Gasteiger partial charge in [-0.25, -0.2) is 0 Å². The van der Waals surface area contributed by atoms with E-state index in [1.165, 1.54) is 11.8 Å². The van der Waals surface area contributed by atoms with Crippen molar-refractivity contribution >= 4 is 17.7 Å². The third-order valence-electron chi connectivity index (χ3n) is 3.50. The topological polar surface area (TPSA) is 59.2 Å². The lowest BCUT2D eigenvalue weighted by molar-refractivity contribution is -0.129. The summed E-state index contributed by atoms with van der Waals surface area (Å²) in [6.45, 7) is 2.62. The second kappa shape index (κ2) is 6.30. The predicted molar refractivity (Wildman–Crippen MR) is 79.7 cm³/mol. The highest BCUT2D eigenvalue weighted by Crippen LogP contribution is 2.34. The molecule has 1 fully saturated rings. The number of hydrogen-bond acceptors (Lipinski definition) is 5. The van der Waals surface area contributed by atoms with E-state index < -0.39 is 0 Å². The summed E-state index contributed by atoms with van der Waals surface area (Å²) >= 11 is 1.52. The van der Waals surface area contributed by atoms with Crippen LogP contribution in [0.5, 0.6) is 0 Å². The molecule has 1 aromatic carbocycles. The fourth-order valence-corrected chi connectivity index (χ4v) is 3.00. The van der Waals surface area contributed by atoms with Crippen LogP contribution in [0.1, 0.15) is 37.3 Å². The zero-order valence-corrected chi connectivity index (χ0v) is 12.7. The number of carbonyl (C=O) groups excluding carboxylic acids is 1. The summed E-state index contributed by atoms with van der Waals surface area (Å²) < 4.78 is 5.67. The normalized spacial score (nSPS) is 18.4. The molecule has 1 atom stereocenters. The van der Waals surface area contributed by atoms with Gasteiger partial charge in [0.2, 0.25) is 11.8 Å². The van der Waals surface area contributed by atoms with Gasteiger partial charge in [-0.2, -0.15) is 0 Å². The molecule has 0 bridgehead atoms. The van der Waals surface area contributed by atoms with Crippen molar-refractivity contribution in [2.24, 2.45) is 0 Å². The van der Waals surface area contributed by atoms with Crippen LogP contribution < -0.4 is 0 Å². The van der Waals surface area contributed by atoms with E-state index in [2.05, 4.69) is 10.2 Å². The molecule has 1 unspecified atom stereocenters. The van der Waals surface area contributed by atoms with Crippen LogP contribution in [-0.4, -0.2) is 26.8 Å². The van der Waals surface area contributed by atoms with E-state index in [1.807, 2.05) is 42.2 Å². The van der Waals surface area contributed by atoms with E-state index in [9.17, 15) is 4.79 Å². The van der Waals surface area contributed by atoms with E-state index in [0.29, 0.717) is 24.1 Å². The molecule has 0 spiro atoms. The average Bonchev–Trinajstić information content (AvgIpc) is 3.09. The zero-order chi connectivity index (χ0) is 14.7. The smallest absolute Gasteiger partial charge is 0.276 e. The van der Waals surface area contributed by atoms with Crippen molar-refractivity contribution in [3.63, 3.8) is 0 Å². The summed E-state index contributed by atoms with van der Waals surface area (Å²) in [5.41, 5.74) is 1.11. The van der Waals surface area contributed by atoms with E-state index in [0.717, 1.165) is 17.7 Å². The summed E-state index contributed by atoms with van der Waals surface area (Å²) in [4.78, 5) is 14.0. The van der Waals surface area contributed by atoms with Gasteiger partial charge in [0.25, 0.3) is 5.22 Å². The van der Waals surface area contributed by atoms with Gasteiger partial charge in [0, 0.05) is 13.0 Å². The number of hydrogen-bond donors (Lipinski definition) is 0. The molecule has 0 radical (unpaired) electrons. The molecular weight excluding hydrogens is 286 g/mol. The highest BCUT2D eigenvalue weighted by atomic mass is 32.2. The minimum absolute atomic E-state index is 0.101. The molecule has 110 valence electrons. The van der Waals surface area contributed by atoms with Crippen molar-refractivity contribution in [1.82, 2.24) is 15.1 Å². The Hall–Kier alpha value is -1.82. The lowest BCUT2D eigenvalue weighted by atomic mass is 10.2. The first kappa shape index (κ1) is 14.1. The van der Waals surface area contributed by atoms with Crippen LogP contribution in [0.2, 0.25) is 0 Å². The molecule has 2 heterocycles. The maximum absolute atomic E-state index is 12.1. The first-order chi connectivity index (χ1) is 10.3. The highest BCUT2D eigenvalue weighted by Gasteiger charge is 2.35. The number of rotatable bonds is 5. The zero-order valence-electron chi connectivity index (χ0n) is 11.9. The lowest BCUT2D eigenvalue weighted by Crippen LogP contribution is -2.27. The van der Waals surface area contributed by atoms with Crippen LogP contribution in [-0.2, 0) is 11.3 Å². The molecule has 0 saturated carbocycles. The molecule has 1 aliphatic heterocycles. The lowest BCUT2D eigenvalue weighted by Gasteiger charge is -2.22. The van der Waals surface area contributed by atoms with Gasteiger partial charge < -0.3 is 9.32 Å². The second-order valence-electron chi connectivity index (χ2n) is 4.90. The molecule has 1 saturated heterocycles. The Labute approximate surface area is 127 Å². The first-order valence-electron chi connectivity index (χ1n) is 7.07. The number of nitrogens with zero attached hydrogens (tertiary/aromatic N) is 3. The minimum atomic E-state index is -0.101. The quantitative estimate of drug-likeness (QED) is 0.795. The highest BCUT2D eigenvalue weighted by molar-refractivity contribution is 7.99. The number of aromatic nitrogens is 2. The van der Waals surface area contributed by atoms with Gasteiger partial charge in [-0.1, -0.05) is 49.0 Å². The molecule has 0 aliphatic carbocycles. The van der Waals surface area contributed by atoms with Crippen LogP contribution in [0.4, 0.5) is 0 Å². The fraction of sp³-hybridized carbons (Fsp3) is 0.400. The van der Waals surface area contributed by atoms with Crippen molar-refractivity contribution in [1.29, 1.82) is 0 Å². The maximum Gasteiger partial charge on any atom is 0.276 e. The standard InChI is InChI=1S/C15H17N3O2S/c1-2-21-15-17-16-14(20-15)12-8-9-13(19)18(12)10-11-6-4-3-5-7-11/h3-7,12H,2,8-10H2,1H3. The van der Waals surface area contributed by atoms with Crippen LogP contribution in [0.15, 0.2) is 40.0 Å². The van der Waals surface area contributed by atoms with Crippen molar-refractivity contribution in [2.75, 3.05) is 5.75 Å². The summed E-state index contributed by atoms with van der Waals surface area (Å²) in [5, 5.41) is 8.71. The number of likely N-dealkylation sites (tertiary alicyclic amines) is 1. The van der Waals surface area contributed by atoms with E-state index in [4.69, 9.17) is 4.42 Å². The van der Waals surface area contributed by atoms with Crippen molar-refractivity contribution in [2.45, 2.75) is 37.6 Å². The Morgan fingerprint density at radius 2 is 2.14 bits per heavy atom. The molecule has 6 heteroatoms. The van der Waals surface area contributed by atoms with Crippen LogP contribution in [0, 0.1) is 0 Å². The molecule has 1 aliphatic rings. The molecule has 1 aromatic heterocycles. The van der Waals surface area contributed by atoms with Gasteiger partial charge >= 0.3 is 0 Å². The summed E-state index contributed by atoms with van der Waals surface area (Å²) in [6, 6.07) is 9.88. The molecule has 3 rings (SSSR count). The molecular formula is C15H17N3O2S. The fourth-order valence-electron chi connectivity index (χ4n) is 2.51. The molecule has 2 aromatic rings. The van der Waals surface area contributed by atoms with Gasteiger partial charge in [0.15, 0.2) is 0 Å². The van der Waals surface area contributed by atoms with Crippen LogP contribution in [0.25, 0.3) is 0 Å². The summed E-state index contributed by atoms with van der Waals surface area (Å²) in [5.74, 6) is 1.58. The number of carbonyl (C=O) groups is 1. The minimum Gasteiger partial charge on any atom is -0.414 e. The largest absolute Gasteiger partial charge is 0.414 e. The molecule has 5 nitrogen and oxygen atoms in total. The van der Waals surface area contributed by atoms with Crippen molar-refractivity contribution in [3.8, 4) is 0 Å². The first-order valence-corrected chi connectivity index (χ1v) is 8.06. The maximum atomic E-state index is 12.1. The van der Waals surface area contributed by atoms with Crippen LogP contribution >= 0.6 is 11.8 Å². The Morgan fingerprint density at radius 1 is 1.33 bits per heavy atom. The van der Waals surface area contributed by atoms with E-state index in [-0.39, 0.29) is 11.9 Å². The summed E-state index contributed by atoms with van der Waals surface area (Å²) in [6.07, 6.45) is 1.28. The number of amides is 1. The second-order valence-corrected chi connectivity index (χ2v) is 6.12. The van der Waals surface area contributed by atoms with Gasteiger partial charge in [-0.15, -0.1) is 10.2 Å². The Balaban J connectivity index is 1.78. The average molecular weight is 303 g/mol. The van der Waals surface area contributed by atoms with Crippen molar-refractivity contribution in [3.05, 3.63) is 41.8 Å². The Bertz CT molecular complexity index is 614. The van der Waals surface area contributed by atoms with Gasteiger partial charge in [-0.3, -0.25) is 4.79 Å². The van der Waals surface area contributed by atoms with Gasteiger partial charge in [0.05, 0.1) is 0 Å². The van der Waals surface area contributed by atoms with Gasteiger partial charge in [0.1, 0.15) is 6.04 Å². The van der Waals surface area contributed by atoms with Crippen molar-refractivity contribution < 1.29 is 9.21 Å². The molecule has 0 N–H and O–H groups in total. The van der Waals surface area contributed by atoms with E-state index >= 15 is 0 Å². The third kappa shape index (κ3) is 3.10. The third-order valence-corrected chi connectivity index (χ3v) is 4.20. The summed E-state index contributed by atoms with van der Waals surface area (Å²) in [7, 11) is 0.